The molecule has 0 spiro atoms. The number of hydrogen-bond acceptors (Lipinski definition) is 5. The highest BCUT2D eigenvalue weighted by Gasteiger charge is 2.16. The Balaban J connectivity index is 2.39. The Kier molecular flexibility index (Phi) is 9.61. The van der Waals surface area contributed by atoms with Crippen LogP contribution in [0.4, 0.5) is 0 Å². The lowest BCUT2D eigenvalue weighted by Gasteiger charge is -2.12. The molecule has 0 aliphatic carbocycles. The van der Waals surface area contributed by atoms with Gasteiger partial charge in [0.2, 0.25) is 10.0 Å². The summed E-state index contributed by atoms with van der Waals surface area (Å²) in [5.74, 6) is 0.204. The number of rotatable bonds is 12. The van der Waals surface area contributed by atoms with Crippen molar-refractivity contribution >= 4 is 15.9 Å². The summed E-state index contributed by atoms with van der Waals surface area (Å²) in [5.41, 5.74) is 0. The van der Waals surface area contributed by atoms with Crippen LogP contribution in [-0.2, 0) is 19.6 Å². The minimum atomic E-state index is -3.54. The monoisotopic (exact) mass is 386 g/mol. The number of sulfonamides is 1. The Labute approximate surface area is 156 Å². The Hall–Kier alpha value is -1.64. The fraction of sp³-hybridized carbons (Fsp3) is 0.611. The second-order valence-electron chi connectivity index (χ2n) is 6.31. The molecule has 2 N–H and O–H groups in total. The zero-order chi connectivity index (χ0) is 19.6. The van der Waals surface area contributed by atoms with Gasteiger partial charge >= 0.3 is 0 Å². The Morgan fingerprint density at radius 3 is 2.38 bits per heavy atom. The van der Waals surface area contributed by atoms with E-state index in [0.717, 1.165) is 6.42 Å². The van der Waals surface area contributed by atoms with Crippen LogP contribution in [0.15, 0.2) is 29.2 Å². The van der Waals surface area contributed by atoms with Gasteiger partial charge in [-0.15, -0.1) is 0 Å². The van der Waals surface area contributed by atoms with Gasteiger partial charge in [-0.25, -0.2) is 13.1 Å². The van der Waals surface area contributed by atoms with Crippen molar-refractivity contribution < 1.29 is 22.7 Å². The van der Waals surface area contributed by atoms with Gasteiger partial charge in [-0.3, -0.25) is 4.79 Å². The topological polar surface area (TPSA) is 93.7 Å². The molecule has 0 aliphatic rings. The largest absolute Gasteiger partial charge is 0.484 e. The molecule has 0 aliphatic heterocycles. The SMILES string of the molecule is CC[C@H](C)NS(=O)(=O)c1ccc(OCC(=O)NCCCOC(C)C)cc1. The lowest BCUT2D eigenvalue weighted by molar-refractivity contribution is -0.123. The molecule has 1 aromatic rings. The molecule has 8 heteroatoms. The maximum absolute atomic E-state index is 12.2. The average molecular weight is 387 g/mol. The predicted molar refractivity (Wildman–Crippen MR) is 101 cm³/mol. The number of carbonyl (C=O) groups excluding carboxylic acids is 1. The van der Waals surface area contributed by atoms with Crippen LogP contribution < -0.4 is 14.8 Å². The molecule has 0 unspecified atom stereocenters. The third kappa shape index (κ3) is 8.64. The van der Waals surface area contributed by atoms with Crippen LogP contribution >= 0.6 is 0 Å². The highest BCUT2D eigenvalue weighted by atomic mass is 32.2. The quantitative estimate of drug-likeness (QED) is 0.537. The van der Waals surface area contributed by atoms with Gasteiger partial charge in [-0.1, -0.05) is 6.92 Å². The van der Waals surface area contributed by atoms with E-state index in [4.69, 9.17) is 9.47 Å². The average Bonchev–Trinajstić information content (AvgIpc) is 2.59. The smallest absolute Gasteiger partial charge is 0.257 e. The molecule has 0 fully saturated rings. The van der Waals surface area contributed by atoms with Crippen LogP contribution in [0.25, 0.3) is 0 Å². The number of nitrogens with one attached hydrogen (secondary N) is 2. The lowest BCUT2D eigenvalue weighted by Crippen LogP contribution is -2.32. The standard InChI is InChI=1S/C18H30N2O5S/c1-5-15(4)20-26(22,23)17-9-7-16(8-10-17)25-13-18(21)19-11-6-12-24-14(2)3/h7-10,14-15,20H,5-6,11-13H2,1-4H3,(H,19,21)/t15-/m0/s1. The van der Waals surface area contributed by atoms with E-state index in [1.807, 2.05) is 27.7 Å². The summed E-state index contributed by atoms with van der Waals surface area (Å²) in [6.45, 7) is 8.64. The van der Waals surface area contributed by atoms with Crippen molar-refractivity contribution in [2.75, 3.05) is 19.8 Å². The van der Waals surface area contributed by atoms with Crippen LogP contribution in [0.5, 0.6) is 5.75 Å². The Morgan fingerprint density at radius 1 is 1.15 bits per heavy atom. The zero-order valence-electron chi connectivity index (χ0n) is 15.9. The van der Waals surface area contributed by atoms with Gasteiger partial charge in [0.1, 0.15) is 5.75 Å². The molecule has 0 saturated carbocycles. The normalized spacial score (nSPS) is 12.8. The summed E-state index contributed by atoms with van der Waals surface area (Å²) in [7, 11) is -3.54. The molecule has 0 radical (unpaired) electrons. The van der Waals surface area contributed by atoms with Gasteiger partial charge < -0.3 is 14.8 Å². The van der Waals surface area contributed by atoms with Crippen molar-refractivity contribution in [3.05, 3.63) is 24.3 Å². The Morgan fingerprint density at radius 2 is 1.81 bits per heavy atom. The van der Waals surface area contributed by atoms with E-state index in [1.165, 1.54) is 24.3 Å². The summed E-state index contributed by atoms with van der Waals surface area (Å²) in [6.07, 6.45) is 1.62. The number of hydrogen-bond donors (Lipinski definition) is 2. The van der Waals surface area contributed by atoms with Gasteiger partial charge in [-0.05, 0) is 57.9 Å². The van der Waals surface area contributed by atoms with Gasteiger partial charge in [0.05, 0.1) is 11.0 Å². The van der Waals surface area contributed by atoms with E-state index in [-0.39, 0.29) is 29.6 Å². The minimum Gasteiger partial charge on any atom is -0.484 e. The van der Waals surface area contributed by atoms with Crippen LogP contribution in [-0.4, -0.2) is 46.2 Å². The third-order valence-corrected chi connectivity index (χ3v) is 5.17. The van der Waals surface area contributed by atoms with Crippen LogP contribution in [0.3, 0.4) is 0 Å². The zero-order valence-corrected chi connectivity index (χ0v) is 16.8. The summed E-state index contributed by atoms with van der Waals surface area (Å²) in [6, 6.07) is 5.86. The minimum absolute atomic E-state index is 0.123. The van der Waals surface area contributed by atoms with Crippen LogP contribution in [0.2, 0.25) is 0 Å². The molecule has 26 heavy (non-hydrogen) atoms. The van der Waals surface area contributed by atoms with Crippen molar-refractivity contribution in [3.8, 4) is 5.75 Å². The van der Waals surface area contributed by atoms with Crippen molar-refractivity contribution in [1.82, 2.24) is 10.0 Å². The molecule has 0 heterocycles. The first-order chi connectivity index (χ1) is 12.2. The van der Waals surface area contributed by atoms with E-state index in [0.29, 0.717) is 25.3 Å². The fourth-order valence-corrected chi connectivity index (χ4v) is 3.28. The molecular weight excluding hydrogens is 356 g/mol. The van der Waals surface area contributed by atoms with Gasteiger partial charge in [0, 0.05) is 19.2 Å². The lowest BCUT2D eigenvalue weighted by atomic mass is 10.3. The number of ether oxygens (including phenoxy) is 2. The van der Waals surface area contributed by atoms with E-state index in [9.17, 15) is 13.2 Å². The molecule has 7 nitrogen and oxygen atoms in total. The van der Waals surface area contributed by atoms with Gasteiger partial charge in [-0.2, -0.15) is 0 Å². The third-order valence-electron chi connectivity index (χ3n) is 3.57. The summed E-state index contributed by atoms with van der Waals surface area (Å²) in [4.78, 5) is 11.9. The summed E-state index contributed by atoms with van der Waals surface area (Å²) in [5, 5.41) is 2.74. The number of benzene rings is 1. The molecule has 148 valence electrons. The number of amides is 1. The molecular formula is C18H30N2O5S. The van der Waals surface area contributed by atoms with Crippen molar-refractivity contribution in [1.29, 1.82) is 0 Å². The van der Waals surface area contributed by atoms with E-state index in [1.54, 1.807) is 0 Å². The second-order valence-corrected chi connectivity index (χ2v) is 8.03. The van der Waals surface area contributed by atoms with E-state index >= 15 is 0 Å². The molecule has 0 saturated heterocycles. The molecule has 1 aromatic carbocycles. The summed E-state index contributed by atoms with van der Waals surface area (Å²) < 4.78 is 37.7. The van der Waals surface area contributed by atoms with Crippen LogP contribution in [0.1, 0.15) is 40.5 Å². The first kappa shape index (κ1) is 22.4. The molecule has 1 atom stereocenters. The highest BCUT2D eigenvalue weighted by molar-refractivity contribution is 7.89. The first-order valence-corrected chi connectivity index (χ1v) is 10.4. The van der Waals surface area contributed by atoms with Crippen molar-refractivity contribution in [3.63, 3.8) is 0 Å². The fourth-order valence-electron chi connectivity index (χ4n) is 1.95. The van der Waals surface area contributed by atoms with Crippen LogP contribution in [0, 0.1) is 0 Å². The molecule has 0 aromatic heterocycles. The maximum atomic E-state index is 12.2. The molecule has 1 rings (SSSR count). The van der Waals surface area contributed by atoms with Crippen molar-refractivity contribution in [2.24, 2.45) is 0 Å². The van der Waals surface area contributed by atoms with Crippen molar-refractivity contribution in [2.45, 2.75) is 57.6 Å². The molecule has 0 bridgehead atoms. The number of carbonyl (C=O) groups is 1. The van der Waals surface area contributed by atoms with Gasteiger partial charge in [0.25, 0.3) is 5.91 Å². The van der Waals surface area contributed by atoms with E-state index in [2.05, 4.69) is 10.0 Å². The summed E-state index contributed by atoms with van der Waals surface area (Å²) >= 11 is 0. The van der Waals surface area contributed by atoms with Gasteiger partial charge in [0.15, 0.2) is 6.61 Å². The highest BCUT2D eigenvalue weighted by Crippen LogP contribution is 2.16. The molecule has 1 amide bonds. The maximum Gasteiger partial charge on any atom is 0.257 e. The van der Waals surface area contributed by atoms with E-state index < -0.39 is 10.0 Å². The first-order valence-electron chi connectivity index (χ1n) is 8.88. The second kappa shape index (κ2) is 11.2. The predicted octanol–water partition coefficient (Wildman–Crippen LogP) is 2.07. The Bertz CT molecular complexity index is 644.